The predicted molar refractivity (Wildman–Crippen MR) is 123 cm³/mol. The van der Waals surface area contributed by atoms with Crippen LogP contribution in [0.5, 0.6) is 5.75 Å². The van der Waals surface area contributed by atoms with E-state index in [1.165, 1.54) is 11.4 Å². The minimum atomic E-state index is -3.74. The third-order valence-electron chi connectivity index (χ3n) is 4.63. The van der Waals surface area contributed by atoms with Gasteiger partial charge in [0.1, 0.15) is 12.4 Å². The van der Waals surface area contributed by atoms with E-state index in [9.17, 15) is 13.2 Å². The Morgan fingerprint density at radius 2 is 1.74 bits per heavy atom. The fourth-order valence-electron chi connectivity index (χ4n) is 2.84. The van der Waals surface area contributed by atoms with Gasteiger partial charge in [0, 0.05) is 18.3 Å². The van der Waals surface area contributed by atoms with Gasteiger partial charge in [-0.1, -0.05) is 36.4 Å². The number of sulfonamides is 1. The molecule has 6 nitrogen and oxygen atoms in total. The second-order valence-electron chi connectivity index (χ2n) is 6.91. The Balaban J connectivity index is 1.76. The van der Waals surface area contributed by atoms with Gasteiger partial charge in [-0.25, -0.2) is 8.42 Å². The highest BCUT2D eigenvalue weighted by Crippen LogP contribution is 2.24. The van der Waals surface area contributed by atoms with Crippen molar-refractivity contribution in [2.45, 2.75) is 11.8 Å². The van der Waals surface area contributed by atoms with E-state index in [4.69, 9.17) is 4.74 Å². The average Bonchev–Trinajstić information content (AvgIpc) is 2.78. The van der Waals surface area contributed by atoms with E-state index in [0.717, 1.165) is 5.56 Å². The summed E-state index contributed by atoms with van der Waals surface area (Å²) >= 11 is 0. The van der Waals surface area contributed by atoms with Crippen molar-refractivity contribution in [1.82, 2.24) is 0 Å². The Bertz CT molecular complexity index is 1170. The number of ether oxygens (including phenoxy) is 1. The molecule has 0 spiro atoms. The van der Waals surface area contributed by atoms with Crippen LogP contribution in [-0.2, 0) is 10.0 Å². The van der Waals surface area contributed by atoms with Crippen LogP contribution in [-0.4, -0.2) is 28.0 Å². The Morgan fingerprint density at radius 1 is 1.06 bits per heavy atom. The first kappa shape index (κ1) is 22.1. The first-order valence-corrected chi connectivity index (χ1v) is 11.1. The molecule has 160 valence electrons. The van der Waals surface area contributed by atoms with Crippen molar-refractivity contribution in [2.75, 3.05) is 23.3 Å². The summed E-state index contributed by atoms with van der Waals surface area (Å²) in [6.07, 6.45) is 1.65. The lowest BCUT2D eigenvalue weighted by atomic mass is 10.2. The van der Waals surface area contributed by atoms with Crippen LogP contribution >= 0.6 is 0 Å². The Hall–Kier alpha value is -3.58. The van der Waals surface area contributed by atoms with Crippen molar-refractivity contribution in [2.24, 2.45) is 0 Å². The van der Waals surface area contributed by atoms with Crippen LogP contribution in [0, 0.1) is 6.92 Å². The van der Waals surface area contributed by atoms with Crippen LogP contribution in [0.4, 0.5) is 11.4 Å². The number of amides is 1. The number of carbonyl (C=O) groups is 1. The second-order valence-corrected chi connectivity index (χ2v) is 8.88. The highest BCUT2D eigenvalue weighted by molar-refractivity contribution is 7.92. The number of benzene rings is 3. The molecule has 31 heavy (non-hydrogen) atoms. The van der Waals surface area contributed by atoms with E-state index in [2.05, 4.69) is 11.9 Å². The van der Waals surface area contributed by atoms with E-state index in [1.807, 2.05) is 6.92 Å². The Kier molecular flexibility index (Phi) is 6.77. The van der Waals surface area contributed by atoms with Gasteiger partial charge in [-0.05, 0) is 61.5 Å². The van der Waals surface area contributed by atoms with Crippen LogP contribution in [0.3, 0.4) is 0 Å². The van der Waals surface area contributed by atoms with Gasteiger partial charge in [0.15, 0.2) is 0 Å². The van der Waals surface area contributed by atoms with Gasteiger partial charge in [0.2, 0.25) is 0 Å². The number of hydrogen-bond acceptors (Lipinski definition) is 4. The molecule has 0 aromatic heterocycles. The molecule has 0 bridgehead atoms. The summed E-state index contributed by atoms with van der Waals surface area (Å²) in [7, 11) is -2.28. The molecule has 3 rings (SSSR count). The van der Waals surface area contributed by atoms with E-state index >= 15 is 0 Å². The first-order chi connectivity index (χ1) is 14.8. The van der Waals surface area contributed by atoms with Crippen LogP contribution in [0.25, 0.3) is 0 Å². The lowest BCUT2D eigenvalue weighted by Crippen LogP contribution is -2.26. The smallest absolute Gasteiger partial charge is 0.264 e. The minimum Gasteiger partial charge on any atom is -0.490 e. The number of carbonyl (C=O) groups excluding carboxylic acids is 1. The predicted octanol–water partition coefficient (Wildman–Crippen LogP) is 4.64. The van der Waals surface area contributed by atoms with Crippen LogP contribution < -0.4 is 14.4 Å². The number of nitrogens with one attached hydrogen (secondary N) is 1. The SMILES string of the molecule is C=CCOc1ccc(NC(=O)c2cccc(N(C)S(=O)(=O)c3ccc(C)cc3)c2)cc1. The monoisotopic (exact) mass is 436 g/mol. The molecule has 0 saturated heterocycles. The molecule has 0 saturated carbocycles. The fourth-order valence-corrected chi connectivity index (χ4v) is 4.03. The maximum Gasteiger partial charge on any atom is 0.264 e. The lowest BCUT2D eigenvalue weighted by Gasteiger charge is -2.20. The largest absolute Gasteiger partial charge is 0.490 e. The quantitative estimate of drug-likeness (QED) is 0.522. The van der Waals surface area contributed by atoms with Gasteiger partial charge in [0.25, 0.3) is 15.9 Å². The van der Waals surface area contributed by atoms with Crippen molar-refractivity contribution in [3.05, 3.63) is 96.6 Å². The van der Waals surface area contributed by atoms with Crippen molar-refractivity contribution in [1.29, 1.82) is 0 Å². The zero-order chi connectivity index (χ0) is 22.4. The van der Waals surface area contributed by atoms with Crippen molar-refractivity contribution < 1.29 is 17.9 Å². The minimum absolute atomic E-state index is 0.189. The van der Waals surface area contributed by atoms with Gasteiger partial charge in [0.05, 0.1) is 10.6 Å². The molecule has 7 heteroatoms. The van der Waals surface area contributed by atoms with Gasteiger partial charge < -0.3 is 10.1 Å². The third-order valence-corrected chi connectivity index (χ3v) is 6.43. The summed E-state index contributed by atoms with van der Waals surface area (Å²) < 4.78 is 32.5. The number of rotatable bonds is 8. The summed E-state index contributed by atoms with van der Waals surface area (Å²) in [5.41, 5.74) is 2.30. The van der Waals surface area contributed by atoms with E-state index in [0.29, 0.717) is 29.3 Å². The first-order valence-electron chi connectivity index (χ1n) is 9.62. The average molecular weight is 437 g/mol. The number of hydrogen-bond donors (Lipinski definition) is 1. The second kappa shape index (κ2) is 9.49. The molecular formula is C24H24N2O4S. The van der Waals surface area contributed by atoms with E-state index in [-0.39, 0.29) is 10.8 Å². The summed E-state index contributed by atoms with van der Waals surface area (Å²) in [6.45, 7) is 5.89. The van der Waals surface area contributed by atoms with Gasteiger partial charge >= 0.3 is 0 Å². The third kappa shape index (κ3) is 5.32. The maximum atomic E-state index is 12.9. The summed E-state index contributed by atoms with van der Waals surface area (Å²) in [4.78, 5) is 12.9. The van der Waals surface area contributed by atoms with Crippen LogP contribution in [0.1, 0.15) is 15.9 Å². The molecule has 1 N–H and O–H groups in total. The van der Waals surface area contributed by atoms with E-state index in [1.54, 1.807) is 78.9 Å². The number of aryl methyl sites for hydroxylation is 1. The molecule has 0 aliphatic heterocycles. The standard InChI is InChI=1S/C24H24N2O4S/c1-4-16-30-22-12-10-20(11-13-22)25-24(27)19-6-5-7-21(17-19)26(3)31(28,29)23-14-8-18(2)9-15-23/h4-15,17H,1,16H2,2-3H3,(H,25,27). The number of anilines is 2. The Morgan fingerprint density at radius 3 is 2.39 bits per heavy atom. The maximum absolute atomic E-state index is 12.9. The molecule has 0 heterocycles. The van der Waals surface area contributed by atoms with Crippen molar-refractivity contribution >= 4 is 27.3 Å². The fraction of sp³-hybridized carbons (Fsp3) is 0.125. The van der Waals surface area contributed by atoms with Crippen LogP contribution in [0.15, 0.2) is 90.3 Å². The zero-order valence-corrected chi connectivity index (χ0v) is 18.2. The van der Waals surface area contributed by atoms with Crippen molar-refractivity contribution in [3.63, 3.8) is 0 Å². The molecule has 1 amide bonds. The molecule has 0 aliphatic rings. The molecule has 0 unspecified atom stereocenters. The van der Waals surface area contributed by atoms with Crippen LogP contribution in [0.2, 0.25) is 0 Å². The lowest BCUT2D eigenvalue weighted by molar-refractivity contribution is 0.102. The molecular weight excluding hydrogens is 412 g/mol. The molecule has 0 aliphatic carbocycles. The summed E-state index contributed by atoms with van der Waals surface area (Å²) in [6, 6.07) is 20.1. The molecule has 3 aromatic rings. The Labute approximate surface area is 182 Å². The van der Waals surface area contributed by atoms with E-state index < -0.39 is 10.0 Å². The topological polar surface area (TPSA) is 75.7 Å². The molecule has 3 aromatic carbocycles. The molecule has 0 fully saturated rings. The highest BCUT2D eigenvalue weighted by Gasteiger charge is 2.22. The van der Waals surface area contributed by atoms with Gasteiger partial charge in [-0.2, -0.15) is 0 Å². The van der Waals surface area contributed by atoms with Crippen molar-refractivity contribution in [3.8, 4) is 5.75 Å². The number of nitrogens with zero attached hydrogens (tertiary/aromatic N) is 1. The summed E-state index contributed by atoms with van der Waals surface area (Å²) in [5, 5.41) is 2.80. The molecule has 0 radical (unpaired) electrons. The van der Waals surface area contributed by atoms with Gasteiger partial charge in [-0.3, -0.25) is 9.10 Å². The highest BCUT2D eigenvalue weighted by atomic mass is 32.2. The van der Waals surface area contributed by atoms with Gasteiger partial charge in [-0.15, -0.1) is 0 Å². The molecule has 0 atom stereocenters. The normalized spacial score (nSPS) is 10.9. The summed E-state index contributed by atoms with van der Waals surface area (Å²) in [5.74, 6) is 0.325. The zero-order valence-electron chi connectivity index (χ0n) is 17.4.